The molecule has 0 saturated carbocycles. The van der Waals surface area contributed by atoms with Crippen LogP contribution in [0.1, 0.15) is 16.3 Å². The highest BCUT2D eigenvalue weighted by molar-refractivity contribution is 9.10. The monoisotopic (exact) mass is 545 g/mol. The Balaban J connectivity index is 1.29. The molecule has 0 radical (unpaired) electrons. The van der Waals surface area contributed by atoms with E-state index >= 15 is 0 Å². The topological polar surface area (TPSA) is 78.5 Å². The molecule has 2 aromatic carbocycles. The second-order valence-corrected chi connectivity index (χ2v) is 8.21. The summed E-state index contributed by atoms with van der Waals surface area (Å²) in [4.78, 5) is 12.5. The van der Waals surface area contributed by atoms with Crippen LogP contribution in [0.5, 0.6) is 11.5 Å². The van der Waals surface area contributed by atoms with Gasteiger partial charge in [0.1, 0.15) is 23.9 Å². The molecule has 0 aliphatic rings. The number of nitrogens with one attached hydrogen (secondary N) is 1. The van der Waals surface area contributed by atoms with E-state index in [9.17, 15) is 4.79 Å². The highest BCUT2D eigenvalue weighted by Crippen LogP contribution is 2.25. The number of hydrogen-bond acceptors (Lipinski definition) is 5. The van der Waals surface area contributed by atoms with Crippen LogP contribution in [0.25, 0.3) is 0 Å². The van der Waals surface area contributed by atoms with E-state index < -0.39 is 0 Å². The number of carbonyl (C=O) groups excluding carboxylic acids is 1. The fraction of sp³-hybridized carbons (Fsp3) is 0.0909. The van der Waals surface area contributed by atoms with Gasteiger partial charge in [-0.15, -0.1) is 0 Å². The summed E-state index contributed by atoms with van der Waals surface area (Å²) >= 11 is 6.81. The Bertz CT molecular complexity index is 1170. The molecule has 0 unspecified atom stereocenters. The second-order valence-electron chi connectivity index (χ2n) is 6.44. The zero-order valence-electron chi connectivity index (χ0n) is 16.1. The first-order valence-corrected chi connectivity index (χ1v) is 10.8. The third kappa shape index (κ3) is 5.77. The number of anilines is 1. The summed E-state index contributed by atoms with van der Waals surface area (Å²) in [6.45, 7) is 0.427. The Kier molecular flexibility index (Phi) is 6.73. The fourth-order valence-corrected chi connectivity index (χ4v) is 3.31. The van der Waals surface area contributed by atoms with Crippen molar-refractivity contribution in [1.82, 2.24) is 9.78 Å². The van der Waals surface area contributed by atoms with Gasteiger partial charge in [0.2, 0.25) is 0 Å². The predicted octanol–water partition coefficient (Wildman–Crippen LogP) is 5.87. The Morgan fingerprint density at radius 3 is 2.65 bits per heavy atom. The molecule has 2 heterocycles. The highest BCUT2D eigenvalue weighted by Gasteiger charge is 2.13. The fourth-order valence-electron chi connectivity index (χ4n) is 2.65. The molecule has 0 saturated heterocycles. The van der Waals surface area contributed by atoms with Gasteiger partial charge >= 0.3 is 0 Å². The van der Waals surface area contributed by atoms with Gasteiger partial charge in [-0.3, -0.25) is 4.79 Å². The van der Waals surface area contributed by atoms with Gasteiger partial charge in [0, 0.05) is 4.47 Å². The average Bonchev–Trinajstić information content (AvgIpc) is 3.42. The van der Waals surface area contributed by atoms with Crippen LogP contribution in [0.4, 0.5) is 5.69 Å². The summed E-state index contributed by atoms with van der Waals surface area (Å²) in [5.74, 6) is 1.77. The minimum atomic E-state index is -0.375. The number of nitrogens with zero attached hydrogens (tertiary/aromatic N) is 2. The van der Waals surface area contributed by atoms with Crippen molar-refractivity contribution in [3.8, 4) is 11.5 Å². The maximum absolute atomic E-state index is 12.5. The molecule has 0 bridgehead atoms. The number of halogens is 2. The molecule has 2 aromatic heterocycles. The summed E-state index contributed by atoms with van der Waals surface area (Å²) in [7, 11) is 0. The van der Waals surface area contributed by atoms with Crippen LogP contribution in [0.2, 0.25) is 0 Å². The number of aromatic nitrogens is 2. The zero-order chi connectivity index (χ0) is 21.6. The molecule has 0 atom stereocenters. The van der Waals surface area contributed by atoms with E-state index in [1.807, 2.05) is 48.5 Å². The molecular formula is C22H17Br2N3O4. The number of benzene rings is 2. The lowest BCUT2D eigenvalue weighted by molar-refractivity contribution is 0.0992. The van der Waals surface area contributed by atoms with Crippen molar-refractivity contribution in [3.05, 3.63) is 93.5 Å². The van der Waals surface area contributed by atoms with Gasteiger partial charge in [0.25, 0.3) is 5.91 Å². The van der Waals surface area contributed by atoms with Crippen molar-refractivity contribution < 1.29 is 18.7 Å². The summed E-state index contributed by atoms with van der Waals surface area (Å²) in [6.07, 6.45) is 3.22. The molecule has 9 heteroatoms. The first-order chi connectivity index (χ1) is 15.1. The lowest BCUT2D eigenvalue weighted by Crippen LogP contribution is -2.10. The maximum atomic E-state index is 12.5. The molecule has 1 amide bonds. The van der Waals surface area contributed by atoms with Crippen LogP contribution in [-0.2, 0) is 13.3 Å². The first-order valence-electron chi connectivity index (χ1n) is 9.25. The van der Waals surface area contributed by atoms with Gasteiger partial charge in [0.05, 0.1) is 22.6 Å². The van der Waals surface area contributed by atoms with Crippen molar-refractivity contribution in [1.29, 1.82) is 0 Å². The molecule has 4 aromatic rings. The van der Waals surface area contributed by atoms with Crippen LogP contribution in [0.3, 0.4) is 0 Å². The van der Waals surface area contributed by atoms with E-state index in [-0.39, 0.29) is 25.0 Å². The van der Waals surface area contributed by atoms with Gasteiger partial charge in [0.15, 0.2) is 12.5 Å². The third-order valence-corrected chi connectivity index (χ3v) is 5.34. The van der Waals surface area contributed by atoms with Crippen molar-refractivity contribution in [2.45, 2.75) is 13.3 Å². The summed E-state index contributed by atoms with van der Waals surface area (Å²) in [5.41, 5.74) is 0.534. The Labute approximate surface area is 195 Å². The molecular weight excluding hydrogens is 530 g/mol. The van der Waals surface area contributed by atoms with Crippen LogP contribution in [0.15, 0.2) is 86.4 Å². The summed E-state index contributed by atoms with van der Waals surface area (Å²) < 4.78 is 20.4. The molecule has 4 rings (SSSR count). The van der Waals surface area contributed by atoms with Crippen molar-refractivity contribution >= 4 is 43.5 Å². The lowest BCUT2D eigenvalue weighted by Gasteiger charge is -2.06. The predicted molar refractivity (Wildman–Crippen MR) is 122 cm³/mol. The van der Waals surface area contributed by atoms with E-state index in [0.717, 1.165) is 14.7 Å². The molecule has 0 aliphatic carbocycles. The SMILES string of the molecule is O=C(Nc1cnn(COc2ccc(Br)cc2)c1)c1ccc(COc2ccccc2Br)o1. The largest absolute Gasteiger partial charge is 0.484 e. The number of rotatable bonds is 8. The molecule has 31 heavy (non-hydrogen) atoms. The molecule has 0 spiro atoms. The minimum absolute atomic E-state index is 0.185. The van der Waals surface area contributed by atoms with Gasteiger partial charge < -0.3 is 19.2 Å². The molecule has 0 fully saturated rings. The van der Waals surface area contributed by atoms with E-state index in [2.05, 4.69) is 42.3 Å². The normalized spacial score (nSPS) is 10.6. The van der Waals surface area contributed by atoms with Gasteiger partial charge in [-0.25, -0.2) is 4.68 Å². The Morgan fingerprint density at radius 1 is 1.03 bits per heavy atom. The molecule has 7 nitrogen and oxygen atoms in total. The standard InChI is InChI=1S/C22H17Br2N3O4/c23-15-5-7-17(8-6-15)30-14-27-12-16(11-25-27)26-22(28)21-10-9-18(31-21)13-29-20-4-2-1-3-19(20)24/h1-12H,13-14H2,(H,26,28). The average molecular weight is 547 g/mol. The van der Waals surface area contributed by atoms with Crippen molar-refractivity contribution in [3.63, 3.8) is 0 Å². The number of amides is 1. The molecule has 1 N–H and O–H groups in total. The maximum Gasteiger partial charge on any atom is 0.291 e. The van der Waals surface area contributed by atoms with Crippen LogP contribution >= 0.6 is 31.9 Å². The number of hydrogen-bond donors (Lipinski definition) is 1. The van der Waals surface area contributed by atoms with Gasteiger partial charge in [-0.05, 0) is 64.5 Å². The van der Waals surface area contributed by atoms with Crippen LogP contribution < -0.4 is 14.8 Å². The summed E-state index contributed by atoms with van der Waals surface area (Å²) in [5, 5.41) is 6.94. The zero-order valence-corrected chi connectivity index (χ0v) is 19.3. The second kappa shape index (κ2) is 9.84. The van der Waals surface area contributed by atoms with Crippen molar-refractivity contribution in [2.75, 3.05) is 5.32 Å². The van der Waals surface area contributed by atoms with E-state index in [1.54, 1.807) is 29.2 Å². The van der Waals surface area contributed by atoms with E-state index in [0.29, 0.717) is 17.2 Å². The molecule has 158 valence electrons. The quantitative estimate of drug-likeness (QED) is 0.299. The van der Waals surface area contributed by atoms with E-state index in [4.69, 9.17) is 13.9 Å². The smallest absolute Gasteiger partial charge is 0.291 e. The van der Waals surface area contributed by atoms with Crippen LogP contribution in [0, 0.1) is 0 Å². The number of furan rings is 1. The van der Waals surface area contributed by atoms with Gasteiger partial charge in [-0.1, -0.05) is 28.1 Å². The Morgan fingerprint density at radius 2 is 1.84 bits per heavy atom. The molecule has 0 aliphatic heterocycles. The lowest BCUT2D eigenvalue weighted by atomic mass is 10.3. The third-order valence-electron chi connectivity index (χ3n) is 4.16. The first kappa shape index (κ1) is 21.2. The minimum Gasteiger partial charge on any atom is -0.484 e. The number of carbonyl (C=O) groups is 1. The summed E-state index contributed by atoms with van der Waals surface area (Å²) in [6, 6.07) is 18.3. The van der Waals surface area contributed by atoms with Gasteiger partial charge in [-0.2, -0.15) is 5.10 Å². The number of para-hydroxylation sites is 1. The van der Waals surface area contributed by atoms with Crippen molar-refractivity contribution in [2.24, 2.45) is 0 Å². The Hall–Kier alpha value is -3.04. The highest BCUT2D eigenvalue weighted by atomic mass is 79.9. The van der Waals surface area contributed by atoms with E-state index in [1.165, 1.54) is 0 Å². The number of ether oxygens (including phenoxy) is 2. The van der Waals surface area contributed by atoms with Crippen LogP contribution in [-0.4, -0.2) is 15.7 Å².